The van der Waals surface area contributed by atoms with E-state index in [0.29, 0.717) is 13.1 Å². The summed E-state index contributed by atoms with van der Waals surface area (Å²) in [6, 6.07) is 10.4. The molecule has 4 heteroatoms. The van der Waals surface area contributed by atoms with Crippen molar-refractivity contribution in [3.63, 3.8) is 0 Å². The van der Waals surface area contributed by atoms with Gasteiger partial charge in [0.1, 0.15) is 0 Å². The van der Waals surface area contributed by atoms with Crippen LogP contribution in [0.15, 0.2) is 24.3 Å². The van der Waals surface area contributed by atoms with Gasteiger partial charge in [0.2, 0.25) is 5.91 Å². The van der Waals surface area contributed by atoms with Gasteiger partial charge in [0, 0.05) is 13.1 Å². The van der Waals surface area contributed by atoms with Gasteiger partial charge < -0.3 is 10.6 Å². The second-order valence-corrected chi connectivity index (χ2v) is 5.24. The number of likely N-dealkylation sites (tertiary alicyclic amines) is 1. The van der Waals surface area contributed by atoms with E-state index in [9.17, 15) is 10.1 Å². The minimum atomic E-state index is -0.230. The quantitative estimate of drug-likeness (QED) is 0.886. The topological polar surface area (TPSA) is 70.1 Å². The van der Waals surface area contributed by atoms with Crippen LogP contribution in [-0.4, -0.2) is 30.4 Å². The van der Waals surface area contributed by atoms with Gasteiger partial charge >= 0.3 is 0 Å². The summed E-state index contributed by atoms with van der Waals surface area (Å²) < 4.78 is 0. The molecule has 0 saturated carbocycles. The normalized spacial score (nSPS) is 20.9. The Balaban J connectivity index is 1.99. The molecule has 100 valence electrons. The Labute approximate surface area is 113 Å². The van der Waals surface area contributed by atoms with E-state index in [2.05, 4.69) is 11.0 Å². The maximum absolute atomic E-state index is 11.1. The fraction of sp³-hybridized carbons (Fsp3) is 0.467. The number of aryl methyl sites for hydroxylation is 1. The monoisotopic (exact) mass is 257 g/mol. The van der Waals surface area contributed by atoms with Crippen molar-refractivity contribution in [3.05, 3.63) is 35.4 Å². The van der Waals surface area contributed by atoms with E-state index in [-0.39, 0.29) is 17.7 Å². The van der Waals surface area contributed by atoms with Gasteiger partial charge in [-0.2, -0.15) is 5.26 Å². The highest BCUT2D eigenvalue weighted by atomic mass is 16.1. The minimum Gasteiger partial charge on any atom is -0.369 e. The van der Waals surface area contributed by atoms with Crippen molar-refractivity contribution in [1.82, 2.24) is 4.90 Å². The van der Waals surface area contributed by atoms with Crippen LogP contribution in [0.25, 0.3) is 0 Å². The van der Waals surface area contributed by atoms with Crippen LogP contribution in [0.5, 0.6) is 0 Å². The van der Waals surface area contributed by atoms with Crippen molar-refractivity contribution in [2.45, 2.75) is 19.3 Å². The molecule has 0 radical (unpaired) electrons. The van der Waals surface area contributed by atoms with E-state index < -0.39 is 0 Å². The Morgan fingerprint density at radius 2 is 2.21 bits per heavy atom. The lowest BCUT2D eigenvalue weighted by molar-refractivity contribution is -0.121. The third kappa shape index (κ3) is 3.33. The van der Waals surface area contributed by atoms with Crippen LogP contribution < -0.4 is 5.73 Å². The second-order valence-electron chi connectivity index (χ2n) is 5.24. The second kappa shape index (κ2) is 5.85. The zero-order chi connectivity index (χ0) is 13.8. The molecule has 0 aromatic heterocycles. The highest BCUT2D eigenvalue weighted by Gasteiger charge is 2.28. The summed E-state index contributed by atoms with van der Waals surface area (Å²) in [6.07, 6.45) is 0.807. The van der Waals surface area contributed by atoms with E-state index in [0.717, 1.165) is 18.5 Å². The maximum atomic E-state index is 11.1. The molecule has 0 bridgehead atoms. The third-order valence-corrected chi connectivity index (χ3v) is 3.75. The fourth-order valence-corrected chi connectivity index (χ4v) is 2.51. The van der Waals surface area contributed by atoms with Gasteiger partial charge in [0.25, 0.3) is 0 Å². The molecule has 1 amide bonds. The molecule has 4 nitrogen and oxygen atoms in total. The van der Waals surface area contributed by atoms with Crippen LogP contribution in [0.2, 0.25) is 0 Å². The Kier molecular flexibility index (Phi) is 4.18. The molecule has 2 rings (SSSR count). The number of carbonyl (C=O) groups excluding carboxylic acids is 1. The molecule has 19 heavy (non-hydrogen) atoms. The minimum absolute atomic E-state index is 0.0580. The van der Waals surface area contributed by atoms with Crippen molar-refractivity contribution in [3.8, 4) is 6.07 Å². The number of primary amides is 1. The smallest absolute Gasteiger partial charge is 0.221 e. The number of amides is 1. The lowest BCUT2D eigenvalue weighted by atomic mass is 9.99. The van der Waals surface area contributed by atoms with Gasteiger partial charge in [-0.3, -0.25) is 4.79 Å². The van der Waals surface area contributed by atoms with Crippen molar-refractivity contribution >= 4 is 5.91 Å². The fourth-order valence-electron chi connectivity index (χ4n) is 2.51. The van der Waals surface area contributed by atoms with Crippen LogP contribution in [0.3, 0.4) is 0 Å². The molecule has 0 unspecified atom stereocenters. The molecule has 1 fully saturated rings. The average Bonchev–Trinajstić information content (AvgIpc) is 2.86. The number of hydrogen-bond donors (Lipinski definition) is 1. The lowest BCUT2D eigenvalue weighted by Gasteiger charge is -2.19. The Hall–Kier alpha value is -1.86. The first-order valence-corrected chi connectivity index (χ1v) is 6.58. The highest BCUT2D eigenvalue weighted by molar-refractivity contribution is 5.77. The molecular weight excluding hydrogens is 238 g/mol. The molecular formula is C15H19N3O. The maximum Gasteiger partial charge on any atom is 0.221 e. The first-order chi connectivity index (χ1) is 9.10. The summed E-state index contributed by atoms with van der Waals surface area (Å²) in [5.41, 5.74) is 7.55. The average molecular weight is 257 g/mol. The molecule has 0 spiro atoms. The van der Waals surface area contributed by atoms with Crippen molar-refractivity contribution in [2.75, 3.05) is 19.6 Å². The highest BCUT2D eigenvalue weighted by Crippen LogP contribution is 2.22. The zero-order valence-electron chi connectivity index (χ0n) is 11.2. The number of benzene rings is 1. The van der Waals surface area contributed by atoms with Crippen LogP contribution in [0.4, 0.5) is 0 Å². The molecule has 1 heterocycles. The largest absolute Gasteiger partial charge is 0.369 e. The zero-order valence-corrected chi connectivity index (χ0v) is 11.2. The summed E-state index contributed by atoms with van der Waals surface area (Å²) in [4.78, 5) is 13.3. The number of carbonyl (C=O) groups is 1. The van der Waals surface area contributed by atoms with E-state index >= 15 is 0 Å². The molecule has 1 aromatic rings. The van der Waals surface area contributed by atoms with Crippen LogP contribution >= 0.6 is 0 Å². The number of nitrogens with two attached hydrogens (primary N) is 1. The molecule has 1 saturated heterocycles. The predicted molar refractivity (Wildman–Crippen MR) is 73.3 cm³/mol. The summed E-state index contributed by atoms with van der Waals surface area (Å²) in [5, 5.41) is 9.32. The van der Waals surface area contributed by atoms with E-state index in [1.165, 1.54) is 5.56 Å². The summed E-state index contributed by atoms with van der Waals surface area (Å²) in [6.45, 7) is 4.23. The van der Waals surface area contributed by atoms with Crippen LogP contribution in [-0.2, 0) is 4.79 Å². The van der Waals surface area contributed by atoms with Crippen molar-refractivity contribution in [1.29, 1.82) is 5.26 Å². The number of rotatable bonds is 4. The van der Waals surface area contributed by atoms with Crippen LogP contribution in [0, 0.1) is 24.2 Å². The van der Waals surface area contributed by atoms with E-state index in [1.807, 2.05) is 31.2 Å². The number of hydrogen-bond acceptors (Lipinski definition) is 3. The Morgan fingerprint density at radius 1 is 1.53 bits per heavy atom. The molecule has 2 N–H and O–H groups in total. The van der Waals surface area contributed by atoms with E-state index in [1.54, 1.807) is 0 Å². The van der Waals surface area contributed by atoms with Gasteiger partial charge in [0.15, 0.2) is 0 Å². The molecule has 2 atom stereocenters. The summed E-state index contributed by atoms with van der Waals surface area (Å²) >= 11 is 0. The summed E-state index contributed by atoms with van der Waals surface area (Å²) in [5.74, 6) is -0.434. The third-order valence-electron chi connectivity index (χ3n) is 3.75. The van der Waals surface area contributed by atoms with Crippen molar-refractivity contribution < 1.29 is 4.79 Å². The molecule has 0 aliphatic carbocycles. The summed E-state index contributed by atoms with van der Waals surface area (Å²) in [7, 11) is 0. The molecule has 1 aliphatic heterocycles. The van der Waals surface area contributed by atoms with Gasteiger partial charge in [-0.05, 0) is 25.5 Å². The molecule has 1 aliphatic rings. The number of nitrogens with zero attached hydrogens (tertiary/aromatic N) is 2. The predicted octanol–water partition coefficient (Wildman–Crippen LogP) is 1.41. The Bertz CT molecular complexity index is 489. The standard InChI is InChI=1S/C15H19N3O/c1-11-2-4-12(5-3-11)14(8-16)10-18-7-6-13(9-18)15(17)19/h2-5,13-14H,6-7,9-10H2,1H3,(H2,17,19)/t13-,14-/m0/s1. The van der Waals surface area contributed by atoms with Gasteiger partial charge in [0.05, 0.1) is 17.9 Å². The van der Waals surface area contributed by atoms with E-state index in [4.69, 9.17) is 5.73 Å². The van der Waals surface area contributed by atoms with Gasteiger partial charge in [-0.15, -0.1) is 0 Å². The Morgan fingerprint density at radius 3 is 2.74 bits per heavy atom. The molecule has 1 aromatic carbocycles. The first-order valence-electron chi connectivity index (χ1n) is 6.58. The number of nitriles is 1. The lowest BCUT2D eigenvalue weighted by Crippen LogP contribution is -2.29. The van der Waals surface area contributed by atoms with Crippen LogP contribution in [0.1, 0.15) is 23.5 Å². The first kappa shape index (κ1) is 13.6. The van der Waals surface area contributed by atoms with Crippen molar-refractivity contribution in [2.24, 2.45) is 11.7 Å². The van der Waals surface area contributed by atoms with Gasteiger partial charge in [-0.25, -0.2) is 0 Å². The van der Waals surface area contributed by atoms with Gasteiger partial charge in [-0.1, -0.05) is 29.8 Å². The SMILES string of the molecule is Cc1ccc([C@@H](C#N)CN2CC[C@H](C(N)=O)C2)cc1.